The molecule has 0 bridgehead atoms. The Balaban J connectivity index is 1.68. The Labute approximate surface area is 145 Å². The molecule has 0 amide bonds. The van der Waals surface area contributed by atoms with E-state index in [1.807, 2.05) is 0 Å². The van der Waals surface area contributed by atoms with Crippen LogP contribution in [0.15, 0.2) is 78.9 Å². The number of rotatable bonds is 6. The minimum Gasteiger partial charge on any atom is -0.578 e. The van der Waals surface area contributed by atoms with Crippen molar-refractivity contribution in [2.45, 2.75) is 0 Å². The molecule has 6 heteroatoms. The van der Waals surface area contributed by atoms with Crippen LogP contribution in [0.1, 0.15) is 0 Å². The summed E-state index contributed by atoms with van der Waals surface area (Å²) in [6, 6.07) is 22.2. The van der Waals surface area contributed by atoms with E-state index in [1.165, 1.54) is 0 Å². The first-order valence-corrected chi connectivity index (χ1v) is 7.73. The highest BCUT2D eigenvalue weighted by Gasteiger charge is 2.12. The number of methoxy groups -OCH3 is 1. The highest BCUT2D eigenvalue weighted by atomic mass is 16.7. The maximum atomic E-state index is 12.3. The van der Waals surface area contributed by atoms with E-state index in [2.05, 4.69) is 0 Å². The normalized spacial score (nSPS) is 13.1. The lowest BCUT2D eigenvalue weighted by Crippen LogP contribution is -3.51. The van der Waals surface area contributed by atoms with Crippen LogP contribution >= 0.6 is 0 Å². The number of ether oxygens (including phenoxy) is 2. The Bertz CT molecular complexity index is 792. The second-order valence-corrected chi connectivity index (χ2v) is 5.33. The van der Waals surface area contributed by atoms with Crippen LogP contribution in [0.2, 0.25) is 0 Å². The lowest BCUT2D eigenvalue weighted by molar-refractivity contribution is -1.40. The van der Waals surface area contributed by atoms with E-state index in [0.717, 1.165) is 5.75 Å². The summed E-state index contributed by atoms with van der Waals surface area (Å²) in [5.41, 5.74) is 0.710. The van der Waals surface area contributed by atoms with Crippen molar-refractivity contribution in [3.8, 4) is 17.2 Å². The zero-order chi connectivity index (χ0) is 17.6. The van der Waals surface area contributed by atoms with Crippen molar-refractivity contribution in [3.63, 3.8) is 0 Å². The van der Waals surface area contributed by atoms with E-state index in [9.17, 15) is 10.4 Å². The maximum absolute atomic E-state index is 12.3. The number of nitrogens with one attached hydrogen (secondary N) is 2. The van der Waals surface area contributed by atoms with Gasteiger partial charge in [0, 0.05) is 24.3 Å². The molecule has 0 saturated carbocycles. The second-order valence-electron chi connectivity index (χ2n) is 5.33. The largest absolute Gasteiger partial charge is 0.578 e. The fourth-order valence-electron chi connectivity index (χ4n) is 2.31. The topological polar surface area (TPSA) is 73.5 Å². The van der Waals surface area contributed by atoms with Crippen molar-refractivity contribution in [2.75, 3.05) is 7.11 Å². The van der Waals surface area contributed by atoms with Crippen LogP contribution in [0.3, 0.4) is 0 Å². The van der Waals surface area contributed by atoms with Gasteiger partial charge in [0.05, 0.1) is 7.11 Å². The fraction of sp³-hybridized carbons (Fsp3) is 0.0526. The van der Waals surface area contributed by atoms with Gasteiger partial charge in [-0.2, -0.15) is 10.3 Å². The standard InChI is InChI=1S/C19H18N2O4/c1-24-17-11-13-19(14-12-17)25-18-9-7-16(8-10-18)21(23)20(22)15-5-3-2-4-6-15/h2-14,20-21H,1H3. The molecule has 2 N–H and O–H groups in total. The third-order valence-corrected chi connectivity index (χ3v) is 3.65. The Morgan fingerprint density at radius 2 is 1.04 bits per heavy atom. The average molecular weight is 338 g/mol. The molecule has 3 rings (SSSR count). The van der Waals surface area contributed by atoms with E-state index in [-0.39, 0.29) is 0 Å². The smallest absolute Gasteiger partial charge is 0.180 e. The van der Waals surface area contributed by atoms with E-state index in [1.54, 1.807) is 86.0 Å². The van der Waals surface area contributed by atoms with E-state index < -0.39 is 10.3 Å². The predicted molar refractivity (Wildman–Crippen MR) is 93.9 cm³/mol. The molecule has 128 valence electrons. The molecule has 3 aromatic carbocycles. The Morgan fingerprint density at radius 3 is 1.56 bits per heavy atom. The Morgan fingerprint density at radius 1 is 0.600 bits per heavy atom. The zero-order valence-electron chi connectivity index (χ0n) is 13.6. The van der Waals surface area contributed by atoms with Crippen LogP contribution < -0.4 is 19.8 Å². The lowest BCUT2D eigenvalue weighted by atomic mass is 10.3. The van der Waals surface area contributed by atoms with Crippen molar-refractivity contribution >= 4 is 11.4 Å². The van der Waals surface area contributed by atoms with Crippen LogP contribution in [0.5, 0.6) is 17.2 Å². The van der Waals surface area contributed by atoms with Crippen molar-refractivity contribution < 1.29 is 19.8 Å². The molecule has 0 saturated heterocycles. The second kappa shape index (κ2) is 7.78. The Hall–Kier alpha value is -2.90. The molecule has 0 fully saturated rings. The molecule has 0 heterocycles. The maximum Gasteiger partial charge on any atom is 0.180 e. The summed E-state index contributed by atoms with van der Waals surface area (Å²) in [6.45, 7) is 0. The van der Waals surface area contributed by atoms with Gasteiger partial charge in [0.15, 0.2) is 11.4 Å². The van der Waals surface area contributed by atoms with Crippen LogP contribution in [0.25, 0.3) is 0 Å². The summed E-state index contributed by atoms with van der Waals surface area (Å²) >= 11 is 0. The number of hydrogen-bond acceptors (Lipinski definition) is 4. The van der Waals surface area contributed by atoms with E-state index >= 15 is 0 Å². The molecule has 3 aromatic rings. The third kappa shape index (κ3) is 4.14. The van der Waals surface area contributed by atoms with E-state index in [4.69, 9.17) is 9.47 Å². The van der Waals surface area contributed by atoms with Crippen molar-refractivity contribution in [2.24, 2.45) is 0 Å². The molecule has 0 aromatic heterocycles. The van der Waals surface area contributed by atoms with Gasteiger partial charge in [-0.05, 0) is 36.4 Å². The minimum atomic E-state index is -0.540. The van der Waals surface area contributed by atoms with Crippen molar-refractivity contribution in [3.05, 3.63) is 89.3 Å². The molecule has 0 aliphatic rings. The summed E-state index contributed by atoms with van der Waals surface area (Å²) < 4.78 is 10.8. The fourth-order valence-corrected chi connectivity index (χ4v) is 2.31. The highest BCUT2D eigenvalue weighted by molar-refractivity contribution is 5.39. The number of quaternary nitrogens is 2. The molecule has 2 unspecified atom stereocenters. The highest BCUT2D eigenvalue weighted by Crippen LogP contribution is 2.24. The quantitative estimate of drug-likeness (QED) is 0.675. The molecular formula is C19H18N2O4. The summed E-state index contributed by atoms with van der Waals surface area (Å²) in [4.78, 5) is 0. The van der Waals surface area contributed by atoms with Gasteiger partial charge in [-0.1, -0.05) is 18.2 Å². The predicted octanol–water partition coefficient (Wildman–Crippen LogP) is 2.13. The molecule has 0 aliphatic heterocycles. The molecule has 2 atom stereocenters. The van der Waals surface area contributed by atoms with Gasteiger partial charge in [-0.25, -0.2) is 0 Å². The summed E-state index contributed by atoms with van der Waals surface area (Å²) in [5.74, 6) is 1.97. The monoisotopic (exact) mass is 338 g/mol. The first kappa shape index (κ1) is 16.9. The van der Waals surface area contributed by atoms with Gasteiger partial charge in [0.2, 0.25) is 0 Å². The number of para-hydroxylation sites is 1. The first-order valence-electron chi connectivity index (χ1n) is 7.73. The van der Waals surface area contributed by atoms with Crippen molar-refractivity contribution in [1.82, 2.24) is 0 Å². The SMILES string of the molecule is COc1ccc(Oc2ccc([NH+]([O-])[NH+]([O-])c3ccccc3)cc2)cc1. The number of benzene rings is 3. The molecule has 0 spiro atoms. The molecule has 0 radical (unpaired) electrons. The van der Waals surface area contributed by atoms with Gasteiger partial charge in [0.25, 0.3) is 0 Å². The lowest BCUT2D eigenvalue weighted by Gasteiger charge is -2.31. The van der Waals surface area contributed by atoms with Gasteiger partial charge >= 0.3 is 0 Å². The van der Waals surface area contributed by atoms with Gasteiger partial charge in [-0.3, -0.25) is 0 Å². The summed E-state index contributed by atoms with van der Waals surface area (Å²) in [6.07, 6.45) is 0. The third-order valence-electron chi connectivity index (χ3n) is 3.65. The molecule has 25 heavy (non-hydrogen) atoms. The van der Waals surface area contributed by atoms with Crippen molar-refractivity contribution in [1.29, 1.82) is 0 Å². The van der Waals surface area contributed by atoms with Gasteiger partial charge < -0.3 is 19.9 Å². The number of hydrogen-bond donors (Lipinski definition) is 2. The van der Waals surface area contributed by atoms with E-state index in [0.29, 0.717) is 22.9 Å². The van der Waals surface area contributed by atoms with Gasteiger partial charge in [0.1, 0.15) is 17.2 Å². The van der Waals surface area contributed by atoms with Gasteiger partial charge in [-0.15, -0.1) is 0 Å². The van der Waals surface area contributed by atoms with Crippen LogP contribution in [-0.4, -0.2) is 7.11 Å². The van der Waals surface area contributed by atoms with Crippen LogP contribution in [-0.2, 0) is 0 Å². The van der Waals surface area contributed by atoms with Crippen LogP contribution in [0.4, 0.5) is 11.4 Å². The summed E-state index contributed by atoms with van der Waals surface area (Å²) in [5, 5.41) is 23.4. The first-order chi connectivity index (χ1) is 12.2. The molecule has 6 nitrogen and oxygen atoms in total. The zero-order valence-corrected chi connectivity index (χ0v) is 13.6. The molecule has 0 aliphatic carbocycles. The molecular weight excluding hydrogens is 320 g/mol. The Kier molecular flexibility index (Phi) is 5.27. The van der Waals surface area contributed by atoms with Crippen LogP contribution in [0, 0.1) is 10.4 Å². The minimum absolute atomic E-state index is 0.330. The average Bonchev–Trinajstić information content (AvgIpc) is 2.69. The summed E-state index contributed by atoms with van der Waals surface area (Å²) in [7, 11) is 1.60.